The molecule has 8 aliphatic heterocycles. The number of likely N-dealkylation sites (N-methyl/N-ethyl adjacent to an activating group) is 1. The van der Waals surface area contributed by atoms with Crippen molar-refractivity contribution < 1.29 is 33.7 Å². The molecule has 4 aromatic rings. The molecule has 8 amide bonds. The zero-order chi connectivity index (χ0) is 48.0. The van der Waals surface area contributed by atoms with Gasteiger partial charge in [-0.05, 0) is 48.6 Å². The molecule has 4 fully saturated rings. The molecule has 12 rings (SSSR count). The van der Waals surface area contributed by atoms with Crippen molar-refractivity contribution in [2.75, 3.05) is 79.2 Å². The second kappa shape index (κ2) is 20.5. The summed E-state index contributed by atoms with van der Waals surface area (Å²) in [6.45, 7) is 16.9. The molecule has 0 saturated carbocycles. The van der Waals surface area contributed by atoms with Crippen molar-refractivity contribution in [3.63, 3.8) is 0 Å². The van der Waals surface area contributed by atoms with E-state index < -0.39 is 0 Å². The van der Waals surface area contributed by atoms with E-state index in [0.717, 1.165) is 29.3 Å². The van der Waals surface area contributed by atoms with Gasteiger partial charge in [0.2, 0.25) is 0 Å². The van der Waals surface area contributed by atoms with E-state index in [1.807, 2.05) is 83.9 Å². The summed E-state index contributed by atoms with van der Waals surface area (Å²) in [6.07, 6.45) is 27.5. The summed E-state index contributed by atoms with van der Waals surface area (Å²) in [5, 5.41) is 21.0. The molecule has 0 aliphatic carbocycles. The second-order valence-corrected chi connectivity index (χ2v) is 16.7. The number of nitrogens with zero attached hydrogens (tertiary/aromatic N) is 16. The molecule has 8 aliphatic rings. The van der Waals surface area contributed by atoms with Crippen molar-refractivity contribution in [1.82, 2.24) is 78.8 Å². The second-order valence-electron chi connectivity index (χ2n) is 16.7. The van der Waals surface area contributed by atoms with Gasteiger partial charge >= 0.3 is 24.1 Å². The molecule has 0 aromatic carbocycles. The number of carbonyl (C=O) groups is 4. The van der Waals surface area contributed by atoms with Gasteiger partial charge in [0.15, 0.2) is 0 Å². The maximum atomic E-state index is 12.0. The molecule has 4 aromatic heterocycles. The Morgan fingerprint density at radius 2 is 0.739 bits per heavy atom. The SMILES string of the molecule is C=CCON1C(=O)N2CC(n3cccn3)=CC1C2.C=CCON1C(=O)N2CC(n3cccn3)=C[C@@H]1C2.C=CCON1C(=O)N2CC(n3cccn3)=C[C@H]1C2.CN1C(=O)N2CC(n3cccn3)=C[C@@H]1C2. The van der Waals surface area contributed by atoms with Gasteiger partial charge in [0.1, 0.15) is 0 Å². The van der Waals surface area contributed by atoms with E-state index in [9.17, 15) is 19.2 Å². The molecule has 4 atom stereocenters. The van der Waals surface area contributed by atoms with Crippen LogP contribution in [0.25, 0.3) is 22.8 Å². The number of hydroxylamine groups is 6. The van der Waals surface area contributed by atoms with Crippen LogP contribution in [0.15, 0.2) is 136 Å². The van der Waals surface area contributed by atoms with Crippen LogP contribution >= 0.6 is 0 Å². The normalized spacial score (nSPS) is 22.9. The third-order valence-electron chi connectivity index (χ3n) is 12.1. The van der Waals surface area contributed by atoms with Gasteiger partial charge < -0.3 is 24.5 Å². The predicted octanol–water partition coefficient (Wildman–Crippen LogP) is 3.36. The molecule has 360 valence electrons. The zero-order valence-electron chi connectivity index (χ0n) is 38.2. The standard InChI is InChI=1S/3C12H14N4O2.C10H12N4O/c3*1-2-6-18-16-11-7-10(15-5-3-4-13-15)8-14(9-11)12(16)17;1-12-8-5-9(14-4-2-3-11-14)7-13(6-8)10(12)15/h3*2-5,7,11H,1,6,8-9H2;2-5,8H,6-7H2,1H3/t2*11-;;8-/m10.1/s1. The predicted molar refractivity (Wildman–Crippen MR) is 251 cm³/mol. The van der Waals surface area contributed by atoms with Crippen molar-refractivity contribution in [2.45, 2.75) is 24.2 Å². The zero-order valence-corrected chi connectivity index (χ0v) is 38.2. The summed E-state index contributed by atoms with van der Waals surface area (Å²) >= 11 is 0. The van der Waals surface area contributed by atoms with Crippen molar-refractivity contribution in [3.8, 4) is 0 Å². The van der Waals surface area contributed by atoms with Gasteiger partial charge in [-0.15, -0.1) is 19.7 Å². The lowest BCUT2D eigenvalue weighted by Gasteiger charge is -2.21. The first-order chi connectivity index (χ1) is 33.6. The Morgan fingerprint density at radius 1 is 0.464 bits per heavy atom. The smallest absolute Gasteiger partial charge is 0.319 e. The average molecular weight is 943 g/mol. The van der Waals surface area contributed by atoms with E-state index in [4.69, 9.17) is 14.5 Å². The fourth-order valence-electron chi connectivity index (χ4n) is 8.91. The van der Waals surface area contributed by atoms with Gasteiger partial charge in [-0.3, -0.25) is 14.5 Å². The van der Waals surface area contributed by atoms with Crippen LogP contribution in [-0.4, -0.2) is 206 Å². The van der Waals surface area contributed by atoms with Gasteiger partial charge in [-0.2, -0.15) is 35.6 Å². The number of rotatable bonds is 13. The lowest BCUT2D eigenvalue weighted by Crippen LogP contribution is -2.33. The number of carbonyl (C=O) groups excluding carboxylic acids is 4. The minimum Gasteiger partial charge on any atom is -0.319 e. The molecule has 0 radical (unpaired) electrons. The van der Waals surface area contributed by atoms with Crippen LogP contribution in [0.1, 0.15) is 0 Å². The maximum absolute atomic E-state index is 12.0. The first-order valence-corrected chi connectivity index (χ1v) is 22.4. The van der Waals surface area contributed by atoms with Crippen LogP contribution in [0.2, 0.25) is 0 Å². The van der Waals surface area contributed by atoms with Gasteiger partial charge in [-0.1, -0.05) is 18.2 Å². The Bertz CT molecular complexity index is 2400. The summed E-state index contributed by atoms with van der Waals surface area (Å²) in [4.78, 5) is 72.9. The molecule has 0 N–H and O–H groups in total. The van der Waals surface area contributed by atoms with E-state index in [1.165, 1.54) is 15.2 Å². The van der Waals surface area contributed by atoms with Crippen molar-refractivity contribution >= 4 is 46.9 Å². The van der Waals surface area contributed by atoms with Crippen LogP contribution in [0.3, 0.4) is 0 Å². The van der Waals surface area contributed by atoms with Gasteiger partial charge in [0, 0.05) is 82.8 Å². The summed E-state index contributed by atoms with van der Waals surface area (Å²) in [6, 6.07) is 7.34. The highest BCUT2D eigenvalue weighted by atomic mass is 16.7. The van der Waals surface area contributed by atoms with Gasteiger partial charge in [0.05, 0.1) is 93.0 Å². The topological polar surface area (TPSA) is 193 Å². The largest absolute Gasteiger partial charge is 0.345 e. The highest BCUT2D eigenvalue weighted by Gasteiger charge is 2.44. The van der Waals surface area contributed by atoms with Crippen LogP contribution < -0.4 is 0 Å². The van der Waals surface area contributed by atoms with E-state index in [-0.39, 0.29) is 48.3 Å². The van der Waals surface area contributed by atoms with E-state index in [0.29, 0.717) is 65.6 Å². The third-order valence-corrected chi connectivity index (χ3v) is 12.1. The monoisotopic (exact) mass is 942 g/mol. The maximum Gasteiger partial charge on any atom is 0.345 e. The molecular formula is C46H54N16O7. The first-order valence-electron chi connectivity index (χ1n) is 22.4. The Hall–Kier alpha value is -8.02. The summed E-state index contributed by atoms with van der Waals surface area (Å²) < 4.78 is 7.17. The number of urea groups is 4. The molecular weight excluding hydrogens is 889 g/mol. The Morgan fingerprint density at radius 3 is 1.00 bits per heavy atom. The molecule has 8 bridgehead atoms. The van der Waals surface area contributed by atoms with Gasteiger partial charge in [0.25, 0.3) is 0 Å². The van der Waals surface area contributed by atoms with Crippen molar-refractivity contribution in [3.05, 3.63) is 136 Å². The van der Waals surface area contributed by atoms with E-state index >= 15 is 0 Å². The number of hydrogen-bond donors (Lipinski definition) is 0. The van der Waals surface area contributed by atoms with Crippen molar-refractivity contribution in [2.24, 2.45) is 0 Å². The van der Waals surface area contributed by atoms with Gasteiger partial charge in [-0.25, -0.2) is 37.9 Å². The van der Waals surface area contributed by atoms with Crippen molar-refractivity contribution in [1.29, 1.82) is 0 Å². The minimum absolute atomic E-state index is 0.0506. The first kappa shape index (κ1) is 46.1. The number of hydrogen-bond acceptors (Lipinski definition) is 11. The molecule has 4 saturated heterocycles. The molecule has 0 spiro atoms. The lowest BCUT2D eigenvalue weighted by atomic mass is 10.2. The summed E-state index contributed by atoms with van der Waals surface area (Å²) in [7, 11) is 1.84. The number of aromatic nitrogens is 8. The van der Waals surface area contributed by atoms with E-state index in [1.54, 1.807) is 76.7 Å². The van der Waals surface area contributed by atoms with Crippen LogP contribution in [0.4, 0.5) is 19.2 Å². The Balaban J connectivity index is 0.000000115. The fourth-order valence-corrected chi connectivity index (χ4v) is 8.91. The summed E-state index contributed by atoms with van der Waals surface area (Å²) in [5.41, 5.74) is 4.06. The quantitative estimate of drug-likeness (QED) is 0.179. The Labute approximate surface area is 398 Å². The lowest BCUT2D eigenvalue weighted by molar-refractivity contribution is -0.107. The number of amides is 8. The van der Waals surface area contributed by atoms with Crippen LogP contribution in [0.5, 0.6) is 0 Å². The average Bonchev–Trinajstić information content (AvgIpc) is 4.26. The summed E-state index contributed by atoms with van der Waals surface area (Å²) in [5.74, 6) is 0. The highest BCUT2D eigenvalue weighted by molar-refractivity contribution is 5.82. The van der Waals surface area contributed by atoms with Crippen LogP contribution in [-0.2, 0) is 14.5 Å². The molecule has 12 heterocycles. The molecule has 1 unspecified atom stereocenters. The molecule has 23 heteroatoms. The van der Waals surface area contributed by atoms with Crippen LogP contribution in [0, 0.1) is 0 Å². The third kappa shape index (κ3) is 9.73. The Kier molecular flexibility index (Phi) is 13.7. The molecule has 69 heavy (non-hydrogen) atoms. The minimum atomic E-state index is -0.0970. The van der Waals surface area contributed by atoms with E-state index in [2.05, 4.69) is 46.2 Å². The fraction of sp³-hybridized carbons (Fsp3) is 0.348. The highest BCUT2D eigenvalue weighted by Crippen LogP contribution is 2.29. The molecule has 23 nitrogen and oxygen atoms in total. The number of fused-ring (bicyclic) bond motifs is 8.